The molecule has 34 heavy (non-hydrogen) atoms. The molecule has 1 amide bonds. The fourth-order valence-electron chi connectivity index (χ4n) is 5.43. The van der Waals surface area contributed by atoms with E-state index in [4.69, 9.17) is 4.98 Å². The van der Waals surface area contributed by atoms with E-state index in [1.54, 1.807) is 29.5 Å². The van der Waals surface area contributed by atoms with E-state index in [1.165, 1.54) is 27.3 Å². The summed E-state index contributed by atoms with van der Waals surface area (Å²) in [6.07, 6.45) is 5.97. The first-order valence-corrected chi connectivity index (χ1v) is 13.9. The van der Waals surface area contributed by atoms with Gasteiger partial charge in [-0.1, -0.05) is 30.8 Å². The Hall–Kier alpha value is -2.19. The Labute approximate surface area is 207 Å². The molecule has 3 heterocycles. The van der Waals surface area contributed by atoms with E-state index < -0.39 is 5.82 Å². The molecule has 1 fully saturated rings. The largest absolute Gasteiger partial charge is 0.337 e. The van der Waals surface area contributed by atoms with Crippen molar-refractivity contribution in [2.45, 2.75) is 76.5 Å². The number of aryl methyl sites for hydroxylation is 1. The van der Waals surface area contributed by atoms with E-state index in [-0.39, 0.29) is 35.0 Å². The molecule has 5 rings (SSSR count). The number of thioether (sulfide) groups is 1. The van der Waals surface area contributed by atoms with Crippen LogP contribution in [0.25, 0.3) is 15.9 Å². The highest BCUT2D eigenvalue weighted by atomic mass is 32.2. The second-order valence-electron chi connectivity index (χ2n) is 9.74. The quantitative estimate of drug-likeness (QED) is 0.347. The third-order valence-electron chi connectivity index (χ3n) is 7.20. The number of rotatable bonds is 4. The Morgan fingerprint density at radius 3 is 2.65 bits per heavy atom. The number of halogens is 1. The number of hydrogen-bond donors (Lipinski definition) is 0. The number of hydrogen-bond acceptors (Lipinski definition) is 5. The molecule has 2 aliphatic rings. The lowest BCUT2D eigenvalue weighted by Crippen LogP contribution is -2.48. The summed E-state index contributed by atoms with van der Waals surface area (Å²) >= 11 is 2.81. The van der Waals surface area contributed by atoms with Crippen molar-refractivity contribution in [2.24, 2.45) is 5.92 Å². The van der Waals surface area contributed by atoms with Crippen molar-refractivity contribution < 1.29 is 9.18 Å². The fraction of sp³-hybridized carbons (Fsp3) is 0.500. The zero-order chi connectivity index (χ0) is 24.0. The molecule has 0 N–H and O–H groups in total. The fourth-order valence-corrected chi connectivity index (χ4v) is 7.73. The van der Waals surface area contributed by atoms with Gasteiger partial charge in [-0.15, -0.1) is 11.3 Å². The Balaban J connectivity index is 1.58. The predicted molar refractivity (Wildman–Crippen MR) is 137 cm³/mol. The van der Waals surface area contributed by atoms with Crippen molar-refractivity contribution in [2.75, 3.05) is 5.75 Å². The van der Waals surface area contributed by atoms with E-state index in [9.17, 15) is 14.0 Å². The van der Waals surface area contributed by atoms with Crippen LogP contribution in [0.4, 0.5) is 4.39 Å². The molecular formula is C26H30FN3O2S2. The lowest BCUT2D eigenvalue weighted by Gasteiger charge is -2.39. The summed E-state index contributed by atoms with van der Waals surface area (Å²) in [4.78, 5) is 35.7. The third kappa shape index (κ3) is 4.19. The van der Waals surface area contributed by atoms with E-state index in [0.29, 0.717) is 21.3 Å². The molecule has 0 radical (unpaired) electrons. The number of nitrogens with zero attached hydrogens (tertiary/aromatic N) is 3. The monoisotopic (exact) mass is 499 g/mol. The SMILES string of the molecule is CC1CCc2c(sc3nc(SCC(=O)N4C(C)CCCC4C)n(-c4ccccc4F)c(=O)c23)C1. The van der Waals surface area contributed by atoms with Crippen LogP contribution < -0.4 is 5.56 Å². The number of carbonyl (C=O) groups excluding carboxylic acids is 1. The van der Waals surface area contributed by atoms with Gasteiger partial charge in [-0.05, 0) is 76.0 Å². The maximum atomic E-state index is 14.9. The maximum absolute atomic E-state index is 14.9. The van der Waals surface area contributed by atoms with Crippen LogP contribution >= 0.6 is 23.1 Å². The van der Waals surface area contributed by atoms with Gasteiger partial charge in [0.25, 0.3) is 5.56 Å². The van der Waals surface area contributed by atoms with Crippen molar-refractivity contribution in [3.63, 3.8) is 0 Å². The maximum Gasteiger partial charge on any atom is 0.267 e. The molecule has 5 nitrogen and oxygen atoms in total. The zero-order valence-electron chi connectivity index (χ0n) is 19.8. The summed E-state index contributed by atoms with van der Waals surface area (Å²) in [5, 5.41) is 0.990. The first-order valence-electron chi connectivity index (χ1n) is 12.1. The standard InChI is InChI=1S/C26H30FN3O2S2/c1-15-11-12-18-21(13-15)34-24-23(18)25(32)30(20-10-5-4-9-19(20)27)26(28-24)33-14-22(31)29-16(2)7-6-8-17(29)3/h4-5,9-10,15-17H,6-8,11-14H2,1-3H3. The number of piperidine rings is 1. The molecule has 0 spiro atoms. The molecule has 3 unspecified atom stereocenters. The van der Waals surface area contributed by atoms with Crippen molar-refractivity contribution in [1.29, 1.82) is 0 Å². The number of benzene rings is 1. The van der Waals surface area contributed by atoms with Crippen LogP contribution in [0.15, 0.2) is 34.2 Å². The number of amides is 1. The predicted octanol–water partition coefficient (Wildman–Crippen LogP) is 5.59. The number of likely N-dealkylation sites (tertiary alicyclic amines) is 1. The molecule has 1 saturated heterocycles. The minimum absolute atomic E-state index is 0.0402. The van der Waals surface area contributed by atoms with Gasteiger partial charge in [0.05, 0.1) is 16.8 Å². The van der Waals surface area contributed by atoms with Crippen molar-refractivity contribution >= 4 is 39.2 Å². The van der Waals surface area contributed by atoms with E-state index in [2.05, 4.69) is 20.8 Å². The molecule has 180 valence electrons. The molecular weight excluding hydrogens is 469 g/mol. The molecule has 2 aromatic heterocycles. The summed E-state index contributed by atoms with van der Waals surface area (Å²) in [6, 6.07) is 6.69. The summed E-state index contributed by atoms with van der Waals surface area (Å²) in [5.74, 6) is 0.311. The normalized spacial score (nSPS) is 22.7. The lowest BCUT2D eigenvalue weighted by molar-refractivity contribution is -0.134. The molecule has 3 aromatic rings. The van der Waals surface area contributed by atoms with Crippen LogP contribution in [0.2, 0.25) is 0 Å². The number of aromatic nitrogens is 2. The summed E-state index contributed by atoms with van der Waals surface area (Å²) in [6.45, 7) is 6.41. The summed E-state index contributed by atoms with van der Waals surface area (Å²) in [7, 11) is 0. The molecule has 0 saturated carbocycles. The number of thiophene rings is 1. The smallest absolute Gasteiger partial charge is 0.267 e. The first-order chi connectivity index (χ1) is 16.3. The Bertz CT molecular complexity index is 1290. The van der Waals surface area contributed by atoms with Gasteiger partial charge in [0.1, 0.15) is 10.6 Å². The molecule has 1 aliphatic carbocycles. The highest BCUT2D eigenvalue weighted by Crippen LogP contribution is 2.37. The molecule has 8 heteroatoms. The minimum atomic E-state index is -0.477. The average Bonchev–Trinajstić information content (AvgIpc) is 3.16. The topological polar surface area (TPSA) is 55.2 Å². The second kappa shape index (κ2) is 9.46. The van der Waals surface area contributed by atoms with Crippen molar-refractivity contribution in [3.8, 4) is 5.69 Å². The highest BCUT2D eigenvalue weighted by molar-refractivity contribution is 7.99. The van der Waals surface area contributed by atoms with Crippen LogP contribution in [-0.4, -0.2) is 38.2 Å². The number of fused-ring (bicyclic) bond motifs is 3. The molecule has 3 atom stereocenters. The van der Waals surface area contributed by atoms with Gasteiger partial charge in [0.2, 0.25) is 5.91 Å². The highest BCUT2D eigenvalue weighted by Gasteiger charge is 2.30. The molecule has 0 bridgehead atoms. The van der Waals surface area contributed by atoms with E-state index >= 15 is 0 Å². The van der Waals surface area contributed by atoms with Gasteiger partial charge in [0, 0.05) is 17.0 Å². The van der Waals surface area contributed by atoms with Crippen molar-refractivity contribution in [3.05, 3.63) is 50.9 Å². The first kappa shape index (κ1) is 23.5. The van der Waals surface area contributed by atoms with Crippen LogP contribution in [0.3, 0.4) is 0 Å². The average molecular weight is 500 g/mol. The Kier molecular flexibility index (Phi) is 6.55. The Morgan fingerprint density at radius 1 is 1.18 bits per heavy atom. The summed E-state index contributed by atoms with van der Waals surface area (Å²) in [5.41, 5.74) is 1.02. The molecule has 1 aliphatic heterocycles. The van der Waals surface area contributed by atoms with Crippen LogP contribution in [0, 0.1) is 11.7 Å². The van der Waals surface area contributed by atoms with Crippen molar-refractivity contribution in [1.82, 2.24) is 14.5 Å². The molecule has 1 aromatic carbocycles. The van der Waals surface area contributed by atoms with Gasteiger partial charge in [-0.3, -0.25) is 14.2 Å². The van der Waals surface area contributed by atoms with Crippen LogP contribution in [0.1, 0.15) is 56.9 Å². The van der Waals surface area contributed by atoms with Crippen LogP contribution in [0.5, 0.6) is 0 Å². The third-order valence-corrected chi connectivity index (χ3v) is 9.27. The lowest BCUT2D eigenvalue weighted by atomic mass is 9.89. The Morgan fingerprint density at radius 2 is 1.91 bits per heavy atom. The van der Waals surface area contributed by atoms with E-state index in [0.717, 1.165) is 44.1 Å². The minimum Gasteiger partial charge on any atom is -0.337 e. The van der Waals surface area contributed by atoms with Gasteiger partial charge in [0.15, 0.2) is 5.16 Å². The second-order valence-corrected chi connectivity index (χ2v) is 11.8. The number of carbonyl (C=O) groups is 1. The van der Waals surface area contributed by atoms with Crippen LogP contribution in [-0.2, 0) is 17.6 Å². The number of para-hydroxylation sites is 1. The van der Waals surface area contributed by atoms with Gasteiger partial charge < -0.3 is 4.90 Å². The zero-order valence-corrected chi connectivity index (χ0v) is 21.5. The van der Waals surface area contributed by atoms with E-state index in [1.807, 2.05) is 4.90 Å². The van der Waals surface area contributed by atoms with Gasteiger partial charge in [-0.2, -0.15) is 0 Å². The van der Waals surface area contributed by atoms with Gasteiger partial charge >= 0.3 is 0 Å². The summed E-state index contributed by atoms with van der Waals surface area (Å²) < 4.78 is 16.3. The van der Waals surface area contributed by atoms with Gasteiger partial charge in [-0.25, -0.2) is 9.37 Å².